The number of nitro benzene ring substituents is 1. The number of aryl methyl sites for hydroxylation is 1. The molecule has 0 saturated carbocycles. The number of nitrogens with zero attached hydrogens (tertiary/aromatic N) is 3. The summed E-state index contributed by atoms with van der Waals surface area (Å²) < 4.78 is 2.18. The number of amides is 1. The van der Waals surface area contributed by atoms with Crippen molar-refractivity contribution in [2.45, 2.75) is 19.0 Å². The second-order valence-electron chi connectivity index (χ2n) is 7.15. The first-order valence-corrected chi connectivity index (χ1v) is 10.0. The van der Waals surface area contributed by atoms with E-state index in [1.54, 1.807) is 18.2 Å². The lowest BCUT2D eigenvalue weighted by molar-refractivity contribution is -0.384. The van der Waals surface area contributed by atoms with Crippen molar-refractivity contribution in [3.05, 3.63) is 105 Å². The highest BCUT2D eigenvalue weighted by molar-refractivity contribution is 6.30. The average molecular weight is 422 g/mol. The molecule has 1 aliphatic heterocycles. The number of halogens is 1. The first-order valence-electron chi connectivity index (χ1n) is 9.66. The number of nitro groups is 1. The maximum atomic E-state index is 13.2. The van der Waals surface area contributed by atoms with Gasteiger partial charge in [-0.15, -0.1) is 0 Å². The van der Waals surface area contributed by atoms with E-state index in [1.807, 2.05) is 47.5 Å². The predicted molar refractivity (Wildman–Crippen MR) is 116 cm³/mol. The number of non-ortho nitro benzene ring substituents is 1. The molecule has 0 aliphatic carbocycles. The van der Waals surface area contributed by atoms with Crippen molar-refractivity contribution in [2.75, 3.05) is 6.54 Å². The van der Waals surface area contributed by atoms with E-state index in [0.29, 0.717) is 11.6 Å². The molecule has 0 fully saturated rings. The topological polar surface area (TPSA) is 68.4 Å². The van der Waals surface area contributed by atoms with Gasteiger partial charge in [0.15, 0.2) is 0 Å². The molecule has 152 valence electrons. The zero-order valence-corrected chi connectivity index (χ0v) is 16.9. The third-order valence-corrected chi connectivity index (χ3v) is 5.46. The Morgan fingerprint density at radius 1 is 1.10 bits per heavy atom. The molecule has 1 amide bonds. The summed E-state index contributed by atoms with van der Waals surface area (Å²) in [4.78, 5) is 25.4. The van der Waals surface area contributed by atoms with E-state index in [-0.39, 0.29) is 17.6 Å². The van der Waals surface area contributed by atoms with Gasteiger partial charge in [-0.2, -0.15) is 0 Å². The second-order valence-corrected chi connectivity index (χ2v) is 7.59. The van der Waals surface area contributed by atoms with Gasteiger partial charge in [0.25, 0.3) is 5.69 Å². The Kier molecular flexibility index (Phi) is 5.68. The van der Waals surface area contributed by atoms with Crippen molar-refractivity contribution < 1.29 is 9.72 Å². The highest BCUT2D eigenvalue weighted by Crippen LogP contribution is 2.33. The quantitative estimate of drug-likeness (QED) is 0.335. The lowest BCUT2D eigenvalue weighted by Crippen LogP contribution is -2.34. The summed E-state index contributed by atoms with van der Waals surface area (Å²) in [5, 5.41) is 11.4. The Balaban J connectivity index is 1.64. The Hall–Kier alpha value is -3.38. The van der Waals surface area contributed by atoms with Gasteiger partial charge in [0.05, 0.1) is 11.0 Å². The Labute approximate surface area is 179 Å². The standard InChI is InChI=1S/C23H20ClN3O3/c24-19-5-1-4-18(16-19)23-21-6-2-13-25(21)14-3-15-26(23)22(28)12-9-17-7-10-20(11-8-17)27(29)30/h1-2,4-13,16,23H,3,14-15H2/b12-9+. The van der Waals surface area contributed by atoms with Crippen LogP contribution in [0.1, 0.15) is 29.3 Å². The van der Waals surface area contributed by atoms with Gasteiger partial charge in [0.1, 0.15) is 0 Å². The van der Waals surface area contributed by atoms with Crippen LogP contribution in [0.3, 0.4) is 0 Å². The van der Waals surface area contributed by atoms with E-state index in [0.717, 1.165) is 29.8 Å². The van der Waals surface area contributed by atoms with Crippen LogP contribution in [-0.4, -0.2) is 26.8 Å². The number of aromatic nitrogens is 1. The molecule has 1 unspecified atom stereocenters. The smallest absolute Gasteiger partial charge is 0.269 e. The van der Waals surface area contributed by atoms with Gasteiger partial charge in [0, 0.05) is 48.2 Å². The van der Waals surface area contributed by atoms with Crippen LogP contribution in [0.25, 0.3) is 6.08 Å². The Morgan fingerprint density at radius 2 is 1.90 bits per heavy atom. The summed E-state index contributed by atoms with van der Waals surface area (Å²) in [5.41, 5.74) is 2.76. The fourth-order valence-corrected chi connectivity index (χ4v) is 4.01. The Morgan fingerprint density at radius 3 is 2.63 bits per heavy atom. The van der Waals surface area contributed by atoms with Crippen LogP contribution >= 0.6 is 11.6 Å². The lowest BCUT2D eigenvalue weighted by atomic mass is 10.0. The molecule has 3 aromatic rings. The molecule has 30 heavy (non-hydrogen) atoms. The largest absolute Gasteiger partial charge is 0.349 e. The number of fused-ring (bicyclic) bond motifs is 1. The van der Waals surface area contributed by atoms with Crippen molar-refractivity contribution in [3.63, 3.8) is 0 Å². The fraction of sp³-hybridized carbons (Fsp3) is 0.174. The van der Waals surface area contributed by atoms with E-state index in [4.69, 9.17) is 11.6 Å². The number of rotatable bonds is 4. The summed E-state index contributed by atoms with van der Waals surface area (Å²) in [6.07, 6.45) is 6.09. The summed E-state index contributed by atoms with van der Waals surface area (Å²) in [6, 6.07) is 17.5. The first kappa shape index (κ1) is 19.9. The molecule has 0 radical (unpaired) electrons. The van der Waals surface area contributed by atoms with Crippen LogP contribution in [0.15, 0.2) is 72.9 Å². The summed E-state index contributed by atoms with van der Waals surface area (Å²) in [6.45, 7) is 1.46. The van der Waals surface area contributed by atoms with Crippen LogP contribution in [0, 0.1) is 10.1 Å². The molecule has 6 nitrogen and oxygen atoms in total. The number of benzene rings is 2. The molecule has 0 spiro atoms. The lowest BCUT2D eigenvalue weighted by Gasteiger charge is -2.30. The predicted octanol–water partition coefficient (Wildman–Crippen LogP) is 5.08. The van der Waals surface area contributed by atoms with Gasteiger partial charge in [-0.25, -0.2) is 0 Å². The molecule has 1 atom stereocenters. The minimum atomic E-state index is -0.444. The number of hydrogen-bond acceptors (Lipinski definition) is 3. The summed E-state index contributed by atoms with van der Waals surface area (Å²) in [5.74, 6) is -0.118. The van der Waals surface area contributed by atoms with E-state index in [1.165, 1.54) is 18.2 Å². The highest BCUT2D eigenvalue weighted by atomic mass is 35.5. The van der Waals surface area contributed by atoms with Gasteiger partial charge in [-0.1, -0.05) is 23.7 Å². The van der Waals surface area contributed by atoms with Gasteiger partial charge in [0.2, 0.25) is 5.91 Å². The van der Waals surface area contributed by atoms with Crippen molar-refractivity contribution in [2.24, 2.45) is 0 Å². The molecule has 0 N–H and O–H groups in total. The van der Waals surface area contributed by atoms with E-state index in [2.05, 4.69) is 4.57 Å². The van der Waals surface area contributed by atoms with Crippen LogP contribution < -0.4 is 0 Å². The molecule has 2 heterocycles. The number of carbonyl (C=O) groups excluding carboxylic acids is 1. The number of carbonyl (C=O) groups is 1. The third-order valence-electron chi connectivity index (χ3n) is 5.22. The van der Waals surface area contributed by atoms with Crippen LogP contribution in [0.4, 0.5) is 5.69 Å². The Bertz CT molecular complexity index is 1100. The normalized spacial score (nSPS) is 16.3. The molecular formula is C23H20ClN3O3. The molecule has 4 rings (SSSR count). The van der Waals surface area contributed by atoms with E-state index < -0.39 is 4.92 Å². The van der Waals surface area contributed by atoms with Gasteiger partial charge >= 0.3 is 0 Å². The van der Waals surface area contributed by atoms with Crippen LogP contribution in [0.2, 0.25) is 5.02 Å². The SMILES string of the molecule is O=C(/C=C/c1ccc([N+](=O)[O-])cc1)N1CCCn2cccc2C1c1cccc(Cl)c1. The zero-order chi connectivity index (χ0) is 21.1. The molecule has 2 aromatic carbocycles. The maximum Gasteiger partial charge on any atom is 0.269 e. The van der Waals surface area contributed by atoms with E-state index >= 15 is 0 Å². The molecular weight excluding hydrogens is 402 g/mol. The third kappa shape index (κ3) is 4.14. The van der Waals surface area contributed by atoms with Gasteiger partial charge < -0.3 is 9.47 Å². The number of hydrogen-bond donors (Lipinski definition) is 0. The minimum absolute atomic E-state index is 0.0211. The van der Waals surface area contributed by atoms with Gasteiger partial charge in [-0.05, 0) is 60.0 Å². The fourth-order valence-electron chi connectivity index (χ4n) is 3.81. The molecule has 0 saturated heterocycles. The van der Waals surface area contributed by atoms with Crippen molar-refractivity contribution in [1.29, 1.82) is 0 Å². The summed E-state index contributed by atoms with van der Waals surface area (Å²) in [7, 11) is 0. The maximum absolute atomic E-state index is 13.2. The first-order chi connectivity index (χ1) is 14.5. The van der Waals surface area contributed by atoms with E-state index in [9.17, 15) is 14.9 Å². The van der Waals surface area contributed by atoms with Crippen molar-refractivity contribution in [1.82, 2.24) is 9.47 Å². The van der Waals surface area contributed by atoms with Crippen LogP contribution in [-0.2, 0) is 11.3 Å². The van der Waals surface area contributed by atoms with Crippen LogP contribution in [0.5, 0.6) is 0 Å². The van der Waals surface area contributed by atoms with Crippen molar-refractivity contribution in [3.8, 4) is 0 Å². The minimum Gasteiger partial charge on any atom is -0.349 e. The monoisotopic (exact) mass is 421 g/mol. The van der Waals surface area contributed by atoms with Crippen molar-refractivity contribution >= 4 is 29.3 Å². The molecule has 0 bridgehead atoms. The highest BCUT2D eigenvalue weighted by Gasteiger charge is 2.29. The zero-order valence-electron chi connectivity index (χ0n) is 16.1. The second kappa shape index (κ2) is 8.55. The molecule has 1 aliphatic rings. The summed E-state index contributed by atoms with van der Waals surface area (Å²) >= 11 is 6.24. The average Bonchev–Trinajstić information content (AvgIpc) is 3.12. The van der Waals surface area contributed by atoms with Gasteiger partial charge in [-0.3, -0.25) is 14.9 Å². The molecule has 1 aromatic heterocycles. The molecule has 7 heteroatoms.